The van der Waals surface area contributed by atoms with Crippen LogP contribution < -0.4 is 0 Å². The van der Waals surface area contributed by atoms with E-state index in [0.717, 1.165) is 43.3 Å². The van der Waals surface area contributed by atoms with E-state index in [1.165, 1.54) is 5.57 Å². The van der Waals surface area contributed by atoms with Gasteiger partial charge in [0.15, 0.2) is 0 Å². The van der Waals surface area contributed by atoms with Crippen molar-refractivity contribution in [3.63, 3.8) is 0 Å². The van der Waals surface area contributed by atoms with Gasteiger partial charge in [0, 0.05) is 0 Å². The fraction of sp³-hybridized carbons (Fsp3) is 0.700. The van der Waals surface area contributed by atoms with Gasteiger partial charge in [0.2, 0.25) is 0 Å². The van der Waals surface area contributed by atoms with Crippen LogP contribution in [0.2, 0.25) is 0 Å². The molecule has 3 N–H and O–H groups in total. The van der Waals surface area contributed by atoms with Crippen molar-refractivity contribution in [1.82, 2.24) is 0 Å². The van der Waals surface area contributed by atoms with Crippen LogP contribution in [0.3, 0.4) is 0 Å². The molecule has 3 fully saturated rings. The minimum atomic E-state index is -1.03. The fourth-order valence-corrected chi connectivity index (χ4v) is 6.44. The second kappa shape index (κ2) is 11.1. The highest BCUT2D eigenvalue weighted by Crippen LogP contribution is 2.59. The molecule has 3 aliphatic rings. The Balaban J connectivity index is 1.70. The first kappa shape index (κ1) is 27.9. The van der Waals surface area contributed by atoms with E-state index in [1.807, 2.05) is 6.08 Å². The third kappa shape index (κ3) is 6.36. The molecule has 3 aliphatic carbocycles. The van der Waals surface area contributed by atoms with Crippen molar-refractivity contribution in [2.24, 2.45) is 22.7 Å². The maximum Gasteiger partial charge on any atom is 0.314 e. The molecule has 0 radical (unpaired) electrons. The van der Waals surface area contributed by atoms with Gasteiger partial charge in [-0.1, -0.05) is 54.5 Å². The lowest BCUT2D eigenvalue weighted by molar-refractivity contribution is -0.162. The summed E-state index contributed by atoms with van der Waals surface area (Å²) < 4.78 is 5.33. The molecular formula is C30H46O5. The Labute approximate surface area is 211 Å². The van der Waals surface area contributed by atoms with E-state index in [4.69, 9.17) is 4.74 Å². The Hall–Kier alpha value is -1.69. The van der Waals surface area contributed by atoms with Crippen LogP contribution in [0.1, 0.15) is 86.0 Å². The predicted octanol–water partition coefficient (Wildman–Crippen LogP) is 5.41. The summed E-state index contributed by atoms with van der Waals surface area (Å²) in [5, 5.41) is 30.7. The largest absolute Gasteiger partial charge is 0.462 e. The van der Waals surface area contributed by atoms with Crippen LogP contribution in [0.25, 0.3) is 0 Å². The topological polar surface area (TPSA) is 87.0 Å². The Morgan fingerprint density at radius 1 is 1.17 bits per heavy atom. The van der Waals surface area contributed by atoms with Crippen molar-refractivity contribution in [2.75, 3.05) is 0 Å². The van der Waals surface area contributed by atoms with Gasteiger partial charge in [0.1, 0.15) is 0 Å². The van der Waals surface area contributed by atoms with Gasteiger partial charge in [-0.05, 0) is 96.3 Å². The average Bonchev–Trinajstić information content (AvgIpc) is 3.12. The molecule has 0 heterocycles. The predicted molar refractivity (Wildman–Crippen MR) is 139 cm³/mol. The maximum absolute atomic E-state index is 12.4. The molecule has 0 aliphatic heterocycles. The van der Waals surface area contributed by atoms with E-state index in [1.54, 1.807) is 33.8 Å². The summed E-state index contributed by atoms with van der Waals surface area (Å²) in [6.45, 7) is 13.8. The highest BCUT2D eigenvalue weighted by molar-refractivity contribution is 5.77. The van der Waals surface area contributed by atoms with Gasteiger partial charge in [-0.15, -0.1) is 0 Å². The molecule has 0 spiro atoms. The summed E-state index contributed by atoms with van der Waals surface area (Å²) in [4.78, 5) is 12.4. The third-order valence-electron chi connectivity index (χ3n) is 8.59. The zero-order valence-corrected chi connectivity index (χ0v) is 22.3. The Morgan fingerprint density at radius 3 is 2.46 bits per heavy atom. The molecule has 3 saturated carbocycles. The minimum absolute atomic E-state index is 0.118. The number of fused-ring (bicyclic) bond motifs is 1. The summed E-state index contributed by atoms with van der Waals surface area (Å²) in [7, 11) is 0. The number of aliphatic hydroxyl groups excluding tert-OH is 3. The van der Waals surface area contributed by atoms with Crippen LogP contribution in [0.4, 0.5) is 0 Å². The summed E-state index contributed by atoms with van der Waals surface area (Å²) in [5.74, 6) is 0.415. The number of carbonyl (C=O) groups is 1. The normalized spacial score (nSPS) is 33.7. The van der Waals surface area contributed by atoms with Gasteiger partial charge in [-0.3, -0.25) is 4.79 Å². The van der Waals surface area contributed by atoms with Crippen LogP contribution in [-0.4, -0.2) is 45.7 Å². The second-order valence-corrected chi connectivity index (χ2v) is 12.1. The molecule has 0 aromatic heterocycles. The number of hydrogen-bond acceptors (Lipinski definition) is 5. The lowest BCUT2D eigenvalue weighted by atomic mass is 9.62. The number of ether oxygens (including phenoxy) is 1. The summed E-state index contributed by atoms with van der Waals surface area (Å²) >= 11 is 0. The molecule has 0 amide bonds. The van der Waals surface area contributed by atoms with Gasteiger partial charge >= 0.3 is 5.97 Å². The zero-order valence-electron chi connectivity index (χ0n) is 22.3. The van der Waals surface area contributed by atoms with E-state index < -0.39 is 29.7 Å². The van der Waals surface area contributed by atoms with Crippen molar-refractivity contribution in [3.05, 3.63) is 47.6 Å². The zero-order chi connectivity index (χ0) is 26.0. The summed E-state index contributed by atoms with van der Waals surface area (Å²) in [5.41, 5.74) is 2.70. The van der Waals surface area contributed by atoms with Crippen LogP contribution in [0.5, 0.6) is 0 Å². The summed E-state index contributed by atoms with van der Waals surface area (Å²) in [6.07, 6.45) is 13.3. The first-order valence-corrected chi connectivity index (χ1v) is 13.3. The molecule has 5 nitrogen and oxygen atoms in total. The van der Waals surface area contributed by atoms with Crippen molar-refractivity contribution in [2.45, 2.75) is 110 Å². The molecule has 5 heteroatoms. The van der Waals surface area contributed by atoms with Crippen LogP contribution in [0, 0.1) is 22.7 Å². The van der Waals surface area contributed by atoms with Gasteiger partial charge in [0.25, 0.3) is 0 Å². The third-order valence-corrected chi connectivity index (χ3v) is 8.59. The number of aliphatic hydroxyl groups is 3. The fourth-order valence-electron chi connectivity index (χ4n) is 6.44. The highest BCUT2D eigenvalue weighted by Gasteiger charge is 2.49. The van der Waals surface area contributed by atoms with Gasteiger partial charge in [-0.2, -0.15) is 0 Å². The lowest BCUT2D eigenvalue weighted by Gasteiger charge is -2.42. The lowest BCUT2D eigenvalue weighted by Crippen LogP contribution is -2.38. The van der Waals surface area contributed by atoms with Crippen molar-refractivity contribution < 1.29 is 24.9 Å². The van der Waals surface area contributed by atoms with Crippen molar-refractivity contribution in [1.29, 1.82) is 0 Å². The quantitative estimate of drug-likeness (QED) is 0.331. The molecule has 0 aromatic carbocycles. The van der Waals surface area contributed by atoms with Crippen LogP contribution >= 0.6 is 0 Å². The van der Waals surface area contributed by atoms with E-state index in [-0.39, 0.29) is 11.5 Å². The minimum Gasteiger partial charge on any atom is -0.462 e. The van der Waals surface area contributed by atoms with E-state index in [9.17, 15) is 20.1 Å². The molecule has 196 valence electrons. The number of carbonyl (C=O) groups excluding carboxylic acids is 1. The summed E-state index contributed by atoms with van der Waals surface area (Å²) in [6, 6.07) is 0. The molecule has 6 atom stereocenters. The smallest absolute Gasteiger partial charge is 0.314 e. The number of esters is 1. The Kier molecular flexibility index (Phi) is 8.88. The molecular weight excluding hydrogens is 440 g/mol. The van der Waals surface area contributed by atoms with Crippen molar-refractivity contribution >= 4 is 5.97 Å². The molecule has 0 bridgehead atoms. The van der Waals surface area contributed by atoms with E-state index in [0.29, 0.717) is 31.1 Å². The molecule has 35 heavy (non-hydrogen) atoms. The molecule has 0 aromatic rings. The SMILES string of the molecule is C=C(/C=C/[C@@H](O)C(C)(C)C(=O)OC(C)C)[C@H]1CC[C@H]2/C(=C/C=C3C[C@@H](O)C[C@H](O)C3)CCC[C@]12C. The first-order chi connectivity index (χ1) is 16.3. The second-order valence-electron chi connectivity index (χ2n) is 12.1. The Bertz CT molecular complexity index is 867. The molecule has 3 rings (SSSR count). The van der Waals surface area contributed by atoms with Crippen LogP contribution in [-0.2, 0) is 9.53 Å². The van der Waals surface area contributed by atoms with Gasteiger partial charge < -0.3 is 20.1 Å². The monoisotopic (exact) mass is 486 g/mol. The number of rotatable bonds is 7. The molecule has 0 saturated heterocycles. The van der Waals surface area contributed by atoms with Crippen molar-refractivity contribution in [3.8, 4) is 0 Å². The van der Waals surface area contributed by atoms with E-state index >= 15 is 0 Å². The van der Waals surface area contributed by atoms with Gasteiger partial charge in [0.05, 0.1) is 29.8 Å². The first-order valence-electron chi connectivity index (χ1n) is 13.3. The Morgan fingerprint density at radius 2 is 1.83 bits per heavy atom. The van der Waals surface area contributed by atoms with Crippen LogP contribution in [0.15, 0.2) is 47.6 Å². The number of hydrogen-bond donors (Lipinski definition) is 3. The highest BCUT2D eigenvalue weighted by atomic mass is 16.5. The standard InChI is InChI=1S/C30H46O5/c1-19(2)35-28(34)29(4,5)27(33)14-9-20(3)25-12-13-26-22(8-7-15-30(25,26)6)11-10-21-16-23(31)18-24(32)17-21/h9-11,14,19,23-27,31-33H,3,7-8,12-13,15-18H2,1-2,4-6H3/b14-9+,22-11+/t23-,24-,25-,26+,27-,30-/m1/s1. The number of allylic oxidation sites excluding steroid dienone is 5. The van der Waals surface area contributed by atoms with Gasteiger partial charge in [-0.25, -0.2) is 0 Å². The average molecular weight is 487 g/mol. The van der Waals surface area contributed by atoms with E-state index in [2.05, 4.69) is 25.7 Å². The molecule has 0 unspecified atom stereocenters. The maximum atomic E-state index is 12.4.